The van der Waals surface area contributed by atoms with Gasteiger partial charge in [0.1, 0.15) is 18.1 Å². The monoisotopic (exact) mass is 424 g/mol. The first-order valence-electron chi connectivity index (χ1n) is 8.31. The summed E-state index contributed by atoms with van der Waals surface area (Å²) in [6.07, 6.45) is -1.70. The molecule has 1 aliphatic rings. The summed E-state index contributed by atoms with van der Waals surface area (Å²) in [6, 6.07) is 11.1. The van der Waals surface area contributed by atoms with Gasteiger partial charge in [-0.2, -0.15) is 13.2 Å². The van der Waals surface area contributed by atoms with Crippen LogP contribution < -0.4 is 0 Å². The zero-order valence-corrected chi connectivity index (χ0v) is 15.8. The molecular formula is C19H13Cl2F3N4. The first-order valence-corrected chi connectivity index (χ1v) is 9.06. The molecule has 28 heavy (non-hydrogen) atoms. The maximum absolute atomic E-state index is 14.1. The Morgan fingerprint density at radius 1 is 0.929 bits per heavy atom. The highest BCUT2D eigenvalue weighted by Crippen LogP contribution is 2.48. The summed E-state index contributed by atoms with van der Waals surface area (Å²) in [6.45, 7) is -0.407. The number of aromatic nitrogens is 3. The van der Waals surface area contributed by atoms with Crippen molar-refractivity contribution >= 4 is 28.9 Å². The molecule has 3 aromatic rings. The van der Waals surface area contributed by atoms with Gasteiger partial charge < -0.3 is 0 Å². The highest BCUT2D eigenvalue weighted by Gasteiger charge is 2.58. The molecule has 2 aromatic carbocycles. The van der Waals surface area contributed by atoms with Crippen LogP contribution in [0.2, 0.25) is 10.0 Å². The van der Waals surface area contributed by atoms with Crippen molar-refractivity contribution < 1.29 is 13.2 Å². The van der Waals surface area contributed by atoms with E-state index in [9.17, 15) is 13.2 Å². The van der Waals surface area contributed by atoms with Gasteiger partial charge in [0.25, 0.3) is 0 Å². The third-order valence-corrected chi connectivity index (χ3v) is 5.32. The molecule has 1 unspecified atom stereocenters. The number of benzene rings is 2. The van der Waals surface area contributed by atoms with Crippen LogP contribution >= 0.6 is 23.2 Å². The standard InChI is InChI=1S/C19H13Cl2F3N4/c20-14-5-13(6-15(21)7-14)18(19(22,23)24)8-17(25-9-18)12-1-3-16(4-2-12)28-10-26-27-11-28/h1-7,10-11H,8-9H2. The maximum Gasteiger partial charge on any atom is 0.400 e. The zero-order chi connectivity index (χ0) is 19.9. The molecule has 144 valence electrons. The van der Waals surface area contributed by atoms with E-state index in [4.69, 9.17) is 23.2 Å². The molecule has 0 saturated carbocycles. The van der Waals surface area contributed by atoms with Gasteiger partial charge in [-0.15, -0.1) is 10.2 Å². The van der Waals surface area contributed by atoms with Crippen molar-refractivity contribution in [2.45, 2.75) is 18.0 Å². The van der Waals surface area contributed by atoms with E-state index in [0.717, 1.165) is 5.69 Å². The van der Waals surface area contributed by atoms with Crippen LogP contribution in [0.4, 0.5) is 13.2 Å². The first kappa shape index (κ1) is 19.0. The van der Waals surface area contributed by atoms with Gasteiger partial charge in [0.2, 0.25) is 0 Å². The minimum atomic E-state index is -4.51. The van der Waals surface area contributed by atoms with E-state index in [1.165, 1.54) is 18.2 Å². The summed E-state index contributed by atoms with van der Waals surface area (Å²) < 4.78 is 44.1. The average molecular weight is 425 g/mol. The van der Waals surface area contributed by atoms with Gasteiger partial charge in [-0.3, -0.25) is 9.56 Å². The molecule has 0 fully saturated rings. The third kappa shape index (κ3) is 3.29. The Balaban J connectivity index is 1.67. The van der Waals surface area contributed by atoms with Crippen molar-refractivity contribution in [2.24, 2.45) is 4.99 Å². The number of nitrogens with zero attached hydrogens (tertiary/aromatic N) is 4. The van der Waals surface area contributed by atoms with Crippen LogP contribution in [0.5, 0.6) is 0 Å². The van der Waals surface area contributed by atoms with Crippen LogP contribution in [0.1, 0.15) is 17.5 Å². The quantitative estimate of drug-likeness (QED) is 0.574. The van der Waals surface area contributed by atoms with Crippen molar-refractivity contribution in [3.8, 4) is 5.69 Å². The van der Waals surface area contributed by atoms with E-state index >= 15 is 0 Å². The summed E-state index contributed by atoms with van der Waals surface area (Å²) in [5, 5.41) is 7.80. The molecule has 1 aromatic heterocycles. The molecule has 4 nitrogen and oxygen atoms in total. The van der Waals surface area contributed by atoms with E-state index in [2.05, 4.69) is 15.2 Å². The topological polar surface area (TPSA) is 43.1 Å². The molecule has 0 saturated heterocycles. The number of alkyl halides is 3. The Morgan fingerprint density at radius 3 is 2.11 bits per heavy atom. The highest BCUT2D eigenvalue weighted by atomic mass is 35.5. The number of halogens is 5. The average Bonchev–Trinajstić information content (AvgIpc) is 3.31. The van der Waals surface area contributed by atoms with Crippen molar-refractivity contribution in [1.29, 1.82) is 0 Å². The van der Waals surface area contributed by atoms with Crippen molar-refractivity contribution in [3.05, 3.63) is 76.3 Å². The van der Waals surface area contributed by atoms with Gasteiger partial charge in [-0.25, -0.2) is 0 Å². The molecule has 1 atom stereocenters. The van der Waals surface area contributed by atoms with E-state index in [1.807, 2.05) is 0 Å². The minimum absolute atomic E-state index is 0.0253. The normalized spacial score (nSPS) is 19.7. The van der Waals surface area contributed by atoms with Gasteiger partial charge in [0, 0.05) is 27.9 Å². The molecule has 4 rings (SSSR count). The summed E-state index contributed by atoms with van der Waals surface area (Å²) in [5.74, 6) is 0. The number of aliphatic imine (C=N–C) groups is 1. The predicted molar refractivity (Wildman–Crippen MR) is 102 cm³/mol. The van der Waals surface area contributed by atoms with E-state index < -0.39 is 18.1 Å². The molecule has 2 heterocycles. The smallest absolute Gasteiger partial charge is 0.288 e. The predicted octanol–water partition coefficient (Wildman–Crippen LogP) is 5.27. The fraction of sp³-hybridized carbons (Fsp3) is 0.211. The summed E-state index contributed by atoms with van der Waals surface area (Å²) in [7, 11) is 0. The molecule has 0 spiro atoms. The summed E-state index contributed by atoms with van der Waals surface area (Å²) in [5.41, 5.74) is -0.294. The largest absolute Gasteiger partial charge is 0.400 e. The van der Waals surface area contributed by atoms with Gasteiger partial charge >= 0.3 is 6.18 Å². The maximum atomic E-state index is 14.1. The second-order valence-corrected chi connectivity index (χ2v) is 7.47. The third-order valence-electron chi connectivity index (χ3n) is 4.88. The Hall–Kier alpha value is -2.38. The molecule has 0 radical (unpaired) electrons. The van der Waals surface area contributed by atoms with Gasteiger partial charge in [0.15, 0.2) is 0 Å². The number of hydrogen-bond acceptors (Lipinski definition) is 3. The van der Waals surface area contributed by atoms with Crippen LogP contribution in [0.3, 0.4) is 0 Å². The highest BCUT2D eigenvalue weighted by molar-refractivity contribution is 6.34. The zero-order valence-electron chi connectivity index (χ0n) is 14.3. The molecular weight excluding hydrogens is 412 g/mol. The molecule has 0 amide bonds. The van der Waals surface area contributed by atoms with Gasteiger partial charge in [0.05, 0.1) is 6.54 Å². The Morgan fingerprint density at radius 2 is 1.54 bits per heavy atom. The Bertz CT molecular complexity index is 1010. The summed E-state index contributed by atoms with van der Waals surface area (Å²) in [4.78, 5) is 4.23. The fourth-order valence-corrected chi connectivity index (χ4v) is 3.88. The van der Waals surface area contributed by atoms with Crippen molar-refractivity contribution in [2.75, 3.05) is 6.54 Å². The van der Waals surface area contributed by atoms with Crippen LogP contribution in [-0.2, 0) is 5.41 Å². The van der Waals surface area contributed by atoms with E-state index in [0.29, 0.717) is 11.3 Å². The molecule has 0 bridgehead atoms. The second-order valence-electron chi connectivity index (χ2n) is 6.59. The Kier molecular flexibility index (Phi) is 4.67. The van der Waals surface area contributed by atoms with Crippen LogP contribution in [0, 0.1) is 0 Å². The minimum Gasteiger partial charge on any atom is -0.288 e. The first-order chi connectivity index (χ1) is 13.3. The number of hydrogen-bond donors (Lipinski definition) is 0. The van der Waals surface area contributed by atoms with Crippen molar-refractivity contribution in [1.82, 2.24) is 14.8 Å². The second kappa shape index (κ2) is 6.90. The summed E-state index contributed by atoms with van der Waals surface area (Å²) >= 11 is 11.9. The lowest BCUT2D eigenvalue weighted by molar-refractivity contribution is -0.183. The fourth-order valence-electron chi connectivity index (χ4n) is 3.36. The Labute approximate surface area is 168 Å². The molecule has 9 heteroatoms. The van der Waals surface area contributed by atoms with Crippen LogP contribution in [-0.4, -0.2) is 33.2 Å². The van der Waals surface area contributed by atoms with E-state index in [-0.39, 0.29) is 22.0 Å². The van der Waals surface area contributed by atoms with Crippen LogP contribution in [0.25, 0.3) is 5.69 Å². The lowest BCUT2D eigenvalue weighted by atomic mass is 9.76. The lowest BCUT2D eigenvalue weighted by Crippen LogP contribution is -2.43. The number of rotatable bonds is 3. The van der Waals surface area contributed by atoms with Crippen molar-refractivity contribution in [3.63, 3.8) is 0 Å². The van der Waals surface area contributed by atoms with Crippen LogP contribution in [0.15, 0.2) is 60.1 Å². The molecule has 1 aliphatic heterocycles. The van der Waals surface area contributed by atoms with Gasteiger partial charge in [-0.1, -0.05) is 35.3 Å². The van der Waals surface area contributed by atoms with E-state index in [1.54, 1.807) is 41.5 Å². The molecule has 0 aliphatic carbocycles. The molecule has 0 N–H and O–H groups in total. The SMILES string of the molecule is FC(F)(F)C1(c2cc(Cl)cc(Cl)c2)CN=C(c2ccc(-n3cnnc3)cc2)C1. The van der Waals surface area contributed by atoms with Gasteiger partial charge in [-0.05, 0) is 41.5 Å². The lowest BCUT2D eigenvalue weighted by Gasteiger charge is -2.31.